The van der Waals surface area contributed by atoms with Gasteiger partial charge in [-0.15, -0.1) is 6.58 Å². The Hall–Kier alpha value is -2.57. The molecule has 2 amide bonds. The molecule has 0 atom stereocenters. The van der Waals surface area contributed by atoms with E-state index in [4.69, 9.17) is 4.74 Å². The van der Waals surface area contributed by atoms with Crippen molar-refractivity contribution in [2.45, 2.75) is 47.1 Å². The Kier molecular flexibility index (Phi) is 7.18. The molecule has 0 radical (unpaired) electrons. The fourth-order valence-electron chi connectivity index (χ4n) is 2.60. The Morgan fingerprint density at radius 3 is 2.38 bits per heavy atom. The minimum absolute atomic E-state index is 0.115. The number of aromatic amines is 1. The fourth-order valence-corrected chi connectivity index (χ4v) is 2.60. The molecule has 26 heavy (non-hydrogen) atoms. The number of aromatic nitrogens is 1. The smallest absolute Gasteiger partial charge is 0.355 e. The summed E-state index contributed by atoms with van der Waals surface area (Å²) in [7, 11) is 0. The van der Waals surface area contributed by atoms with E-state index in [1.165, 1.54) is 4.90 Å². The largest absolute Gasteiger partial charge is 0.461 e. The van der Waals surface area contributed by atoms with Gasteiger partial charge in [0.25, 0.3) is 0 Å². The molecule has 7 nitrogen and oxygen atoms in total. The van der Waals surface area contributed by atoms with E-state index in [1.807, 2.05) is 20.8 Å². The molecule has 0 saturated heterocycles. The zero-order chi connectivity index (χ0) is 20.1. The average Bonchev–Trinajstić information content (AvgIpc) is 2.80. The number of H-pyrrole nitrogens is 1. The number of ether oxygens (including phenoxy) is 1. The van der Waals surface area contributed by atoms with Crippen LogP contribution in [-0.2, 0) is 4.74 Å². The molecule has 1 aromatic heterocycles. The van der Waals surface area contributed by atoms with E-state index in [0.29, 0.717) is 16.8 Å². The minimum Gasteiger partial charge on any atom is -0.461 e. The summed E-state index contributed by atoms with van der Waals surface area (Å²) < 4.78 is 5.00. The zero-order valence-electron chi connectivity index (χ0n) is 16.5. The van der Waals surface area contributed by atoms with Gasteiger partial charge >= 0.3 is 12.0 Å². The molecule has 0 aliphatic heterocycles. The molecular weight excluding hydrogens is 334 g/mol. The van der Waals surface area contributed by atoms with Crippen LogP contribution in [0.2, 0.25) is 0 Å². The molecule has 0 bridgehead atoms. The summed E-state index contributed by atoms with van der Waals surface area (Å²) in [5, 5.41) is 2.84. The fraction of sp³-hybridized carbons (Fsp3) is 0.526. The van der Waals surface area contributed by atoms with Crippen molar-refractivity contribution in [2.24, 2.45) is 0 Å². The summed E-state index contributed by atoms with van der Waals surface area (Å²) in [5.74, 6) is -0.752. The SMILES string of the molecule is C=CCN(CC(=O)c1c(C)[nH]c(C(=O)OCC)c1C)C(=O)NC(C)(C)C. The normalized spacial score (nSPS) is 11.0. The van der Waals surface area contributed by atoms with Gasteiger partial charge in [0.1, 0.15) is 5.69 Å². The second-order valence-corrected chi connectivity index (χ2v) is 7.12. The lowest BCUT2D eigenvalue weighted by Crippen LogP contribution is -2.50. The number of urea groups is 1. The molecule has 0 fully saturated rings. The van der Waals surface area contributed by atoms with Crippen LogP contribution in [-0.4, -0.2) is 52.9 Å². The van der Waals surface area contributed by atoms with E-state index >= 15 is 0 Å². The van der Waals surface area contributed by atoms with Crippen molar-refractivity contribution in [1.82, 2.24) is 15.2 Å². The third-order valence-electron chi connectivity index (χ3n) is 3.65. The molecule has 0 saturated carbocycles. The first kappa shape index (κ1) is 21.5. The first-order valence-electron chi connectivity index (χ1n) is 8.59. The highest BCUT2D eigenvalue weighted by Gasteiger charge is 2.26. The lowest BCUT2D eigenvalue weighted by Gasteiger charge is -2.27. The highest BCUT2D eigenvalue weighted by molar-refractivity contribution is 6.04. The van der Waals surface area contributed by atoms with Gasteiger partial charge in [0.15, 0.2) is 5.78 Å². The molecule has 0 spiro atoms. The molecule has 7 heteroatoms. The predicted molar refractivity (Wildman–Crippen MR) is 101 cm³/mol. The molecule has 2 N–H and O–H groups in total. The van der Waals surface area contributed by atoms with Crippen LogP contribution in [0.1, 0.15) is 59.8 Å². The quantitative estimate of drug-likeness (QED) is 0.443. The van der Waals surface area contributed by atoms with Crippen LogP contribution < -0.4 is 5.32 Å². The Morgan fingerprint density at radius 2 is 1.88 bits per heavy atom. The van der Waals surface area contributed by atoms with E-state index in [-0.39, 0.29) is 37.2 Å². The first-order valence-corrected chi connectivity index (χ1v) is 8.59. The van der Waals surface area contributed by atoms with Crippen molar-refractivity contribution in [2.75, 3.05) is 19.7 Å². The van der Waals surface area contributed by atoms with Crippen LogP contribution in [0.25, 0.3) is 0 Å². The molecule has 0 aliphatic rings. The van der Waals surface area contributed by atoms with Gasteiger partial charge < -0.3 is 19.9 Å². The van der Waals surface area contributed by atoms with Gasteiger partial charge in [0.2, 0.25) is 0 Å². The maximum absolute atomic E-state index is 12.8. The van der Waals surface area contributed by atoms with Crippen molar-refractivity contribution >= 4 is 17.8 Å². The topological polar surface area (TPSA) is 91.5 Å². The van der Waals surface area contributed by atoms with Crippen LogP contribution in [0.15, 0.2) is 12.7 Å². The third kappa shape index (κ3) is 5.47. The number of ketones is 1. The molecule has 0 aliphatic carbocycles. The molecule has 0 aromatic carbocycles. The minimum atomic E-state index is -0.499. The Bertz CT molecular complexity index is 698. The lowest BCUT2D eigenvalue weighted by atomic mass is 10.1. The van der Waals surface area contributed by atoms with E-state index in [2.05, 4.69) is 16.9 Å². The molecule has 1 aromatic rings. The summed E-state index contributed by atoms with van der Waals surface area (Å²) in [6.45, 7) is 14.7. The number of amides is 2. The Morgan fingerprint density at radius 1 is 1.27 bits per heavy atom. The van der Waals surface area contributed by atoms with E-state index in [0.717, 1.165) is 0 Å². The predicted octanol–water partition coefficient (Wildman–Crippen LogP) is 2.99. The number of carbonyl (C=O) groups excluding carboxylic acids is 3. The van der Waals surface area contributed by atoms with Gasteiger partial charge in [-0.1, -0.05) is 6.08 Å². The number of aryl methyl sites for hydroxylation is 1. The highest BCUT2D eigenvalue weighted by Crippen LogP contribution is 2.20. The number of rotatable bonds is 7. The second-order valence-electron chi connectivity index (χ2n) is 7.12. The van der Waals surface area contributed by atoms with Crippen molar-refractivity contribution in [3.63, 3.8) is 0 Å². The van der Waals surface area contributed by atoms with Gasteiger partial charge in [-0.2, -0.15) is 0 Å². The maximum atomic E-state index is 12.8. The Labute approximate surface area is 154 Å². The van der Waals surface area contributed by atoms with Crippen molar-refractivity contribution in [3.05, 3.63) is 35.2 Å². The van der Waals surface area contributed by atoms with E-state index in [1.54, 1.807) is 26.8 Å². The van der Waals surface area contributed by atoms with Gasteiger partial charge in [-0.3, -0.25) is 4.79 Å². The third-order valence-corrected chi connectivity index (χ3v) is 3.65. The Balaban J connectivity index is 3.05. The van der Waals surface area contributed by atoms with E-state index in [9.17, 15) is 14.4 Å². The number of esters is 1. The van der Waals surface area contributed by atoms with Gasteiger partial charge in [-0.25, -0.2) is 9.59 Å². The molecular formula is C19H29N3O4. The molecule has 1 rings (SSSR count). The van der Waals surface area contributed by atoms with Gasteiger partial charge in [0.05, 0.1) is 13.2 Å². The van der Waals surface area contributed by atoms with Gasteiger partial charge in [-0.05, 0) is 47.1 Å². The molecule has 1 heterocycles. The van der Waals surface area contributed by atoms with Crippen LogP contribution in [0.4, 0.5) is 4.79 Å². The summed E-state index contributed by atoms with van der Waals surface area (Å²) in [4.78, 5) is 41.5. The van der Waals surface area contributed by atoms with Crippen molar-refractivity contribution in [1.29, 1.82) is 0 Å². The van der Waals surface area contributed by atoms with Crippen molar-refractivity contribution < 1.29 is 19.1 Å². The summed E-state index contributed by atoms with van der Waals surface area (Å²) in [6, 6.07) is -0.345. The number of nitrogens with zero attached hydrogens (tertiary/aromatic N) is 1. The van der Waals surface area contributed by atoms with Crippen molar-refractivity contribution in [3.8, 4) is 0 Å². The first-order chi connectivity index (χ1) is 12.0. The van der Waals surface area contributed by atoms with Crippen LogP contribution in [0.5, 0.6) is 0 Å². The number of hydrogen-bond acceptors (Lipinski definition) is 4. The van der Waals surface area contributed by atoms with E-state index < -0.39 is 11.5 Å². The maximum Gasteiger partial charge on any atom is 0.355 e. The standard InChI is InChI=1S/C19H29N3O4/c1-8-10-22(18(25)21-19(5,6)7)11-14(23)15-12(3)16(20-13(15)4)17(24)26-9-2/h8,20H,1,9-11H2,2-7H3,(H,21,25). The monoisotopic (exact) mass is 363 g/mol. The van der Waals surface area contributed by atoms with Gasteiger partial charge in [0, 0.05) is 23.3 Å². The number of carbonyl (C=O) groups is 3. The molecule has 144 valence electrons. The summed E-state index contributed by atoms with van der Waals surface area (Å²) in [6.07, 6.45) is 1.57. The lowest BCUT2D eigenvalue weighted by molar-refractivity contribution is 0.0519. The number of hydrogen-bond donors (Lipinski definition) is 2. The highest BCUT2D eigenvalue weighted by atomic mass is 16.5. The van der Waals surface area contributed by atoms with Crippen LogP contribution in [0.3, 0.4) is 0 Å². The zero-order valence-corrected chi connectivity index (χ0v) is 16.5. The summed E-state index contributed by atoms with van der Waals surface area (Å²) >= 11 is 0. The van der Waals surface area contributed by atoms with Crippen LogP contribution in [0, 0.1) is 13.8 Å². The number of Topliss-reactive ketones (excluding diaryl/α,β-unsaturated/α-hetero) is 1. The molecule has 0 unspecified atom stereocenters. The average molecular weight is 363 g/mol. The number of nitrogens with one attached hydrogen (secondary N) is 2. The summed E-state index contributed by atoms with van der Waals surface area (Å²) in [5.41, 5.74) is 1.36. The van der Waals surface area contributed by atoms with Crippen LogP contribution >= 0.6 is 0 Å². The second kappa shape index (κ2) is 8.69.